The van der Waals surface area contributed by atoms with E-state index in [1.54, 1.807) is 0 Å². The lowest BCUT2D eigenvalue weighted by atomic mass is 10.0. The first kappa shape index (κ1) is 13.9. The first-order valence-corrected chi connectivity index (χ1v) is 6.66. The summed E-state index contributed by atoms with van der Waals surface area (Å²) in [6.07, 6.45) is 2.68. The Bertz CT molecular complexity index is 318. The molecule has 0 fully saturated rings. The molecule has 0 amide bonds. The van der Waals surface area contributed by atoms with Crippen LogP contribution in [0.1, 0.15) is 40.5 Å². The molecule has 1 N–H and O–H groups in total. The summed E-state index contributed by atoms with van der Waals surface area (Å²) in [6.45, 7) is 9.62. The third-order valence-electron chi connectivity index (χ3n) is 2.96. The van der Waals surface area contributed by atoms with Gasteiger partial charge in [0.1, 0.15) is 5.75 Å². The molecule has 0 spiro atoms. The van der Waals surface area contributed by atoms with Gasteiger partial charge in [-0.15, -0.1) is 0 Å². The van der Waals surface area contributed by atoms with Crippen LogP contribution in [0, 0.1) is 5.92 Å². The molecule has 0 heterocycles. The lowest BCUT2D eigenvalue weighted by Gasteiger charge is -2.15. The molecule has 1 aromatic rings. The summed E-state index contributed by atoms with van der Waals surface area (Å²) < 4.78 is 5.67. The maximum atomic E-state index is 5.67. The van der Waals surface area contributed by atoms with Gasteiger partial charge >= 0.3 is 0 Å². The molecular weight excluding hydrogens is 210 g/mol. The Morgan fingerprint density at radius 3 is 2.47 bits per heavy atom. The van der Waals surface area contributed by atoms with E-state index in [0.717, 1.165) is 23.9 Å². The third-order valence-corrected chi connectivity index (χ3v) is 2.96. The van der Waals surface area contributed by atoms with Crippen LogP contribution in [0.25, 0.3) is 0 Å². The molecule has 0 unspecified atom stereocenters. The Morgan fingerprint density at radius 1 is 1.18 bits per heavy atom. The molecule has 0 bridgehead atoms. The molecule has 1 aromatic carbocycles. The van der Waals surface area contributed by atoms with Crippen molar-refractivity contribution in [1.82, 2.24) is 0 Å². The van der Waals surface area contributed by atoms with E-state index in [9.17, 15) is 0 Å². The fourth-order valence-corrected chi connectivity index (χ4v) is 1.79. The topological polar surface area (TPSA) is 21.3 Å². The second-order valence-electron chi connectivity index (χ2n) is 4.76. The van der Waals surface area contributed by atoms with Gasteiger partial charge in [0, 0.05) is 18.3 Å². The van der Waals surface area contributed by atoms with Crippen LogP contribution in [0.15, 0.2) is 24.3 Å². The number of nitrogens with one attached hydrogen (secondary N) is 1. The maximum absolute atomic E-state index is 5.67. The fourth-order valence-electron chi connectivity index (χ4n) is 1.79. The molecule has 0 aliphatic rings. The van der Waals surface area contributed by atoms with E-state index in [2.05, 4.69) is 31.3 Å². The number of benzene rings is 1. The molecule has 96 valence electrons. The molecule has 0 atom stereocenters. The number of hydrogen-bond acceptors (Lipinski definition) is 2. The van der Waals surface area contributed by atoms with Gasteiger partial charge in [-0.05, 0) is 31.9 Å². The molecule has 17 heavy (non-hydrogen) atoms. The molecular formula is C15H25NO. The minimum Gasteiger partial charge on any atom is -0.491 e. The van der Waals surface area contributed by atoms with Gasteiger partial charge < -0.3 is 10.1 Å². The van der Waals surface area contributed by atoms with Crippen molar-refractivity contribution in [3.05, 3.63) is 24.3 Å². The number of hydrogen-bond donors (Lipinski definition) is 1. The third kappa shape index (κ3) is 5.12. The zero-order valence-electron chi connectivity index (χ0n) is 11.5. The van der Waals surface area contributed by atoms with Gasteiger partial charge in [0.25, 0.3) is 0 Å². The van der Waals surface area contributed by atoms with Crippen molar-refractivity contribution in [1.29, 1.82) is 0 Å². The normalized spacial score (nSPS) is 10.9. The second kappa shape index (κ2) is 7.21. The first-order valence-electron chi connectivity index (χ1n) is 6.66. The van der Waals surface area contributed by atoms with Crippen LogP contribution >= 0.6 is 0 Å². The predicted octanol–water partition coefficient (Wildman–Crippen LogP) is 4.32. The fraction of sp³-hybridized carbons (Fsp3) is 0.600. The molecule has 2 nitrogen and oxygen atoms in total. The Morgan fingerprint density at radius 2 is 1.88 bits per heavy atom. The van der Waals surface area contributed by atoms with Gasteiger partial charge in [0.15, 0.2) is 0 Å². The van der Waals surface area contributed by atoms with E-state index in [4.69, 9.17) is 4.74 Å². The zero-order valence-corrected chi connectivity index (χ0v) is 11.5. The highest BCUT2D eigenvalue weighted by Gasteiger charge is 2.03. The highest BCUT2D eigenvalue weighted by Crippen LogP contribution is 2.19. The smallest absolute Gasteiger partial charge is 0.121 e. The average molecular weight is 235 g/mol. The lowest BCUT2D eigenvalue weighted by Crippen LogP contribution is -2.13. The van der Waals surface area contributed by atoms with Gasteiger partial charge in [-0.1, -0.05) is 32.8 Å². The SMILES string of the molecule is CCC(CC)CNc1cccc(OC(C)C)c1. The van der Waals surface area contributed by atoms with Crippen molar-refractivity contribution < 1.29 is 4.74 Å². The molecule has 0 aromatic heterocycles. The monoisotopic (exact) mass is 235 g/mol. The van der Waals surface area contributed by atoms with E-state index in [0.29, 0.717) is 0 Å². The maximum Gasteiger partial charge on any atom is 0.121 e. The van der Waals surface area contributed by atoms with Crippen LogP contribution in [-0.2, 0) is 0 Å². The molecule has 0 saturated carbocycles. The number of anilines is 1. The quantitative estimate of drug-likeness (QED) is 0.760. The van der Waals surface area contributed by atoms with Crippen LogP contribution < -0.4 is 10.1 Å². The van der Waals surface area contributed by atoms with Gasteiger partial charge in [-0.3, -0.25) is 0 Å². The minimum atomic E-state index is 0.226. The summed E-state index contributed by atoms with van der Waals surface area (Å²) in [5.41, 5.74) is 1.15. The van der Waals surface area contributed by atoms with Crippen LogP contribution in [0.4, 0.5) is 5.69 Å². The predicted molar refractivity (Wildman–Crippen MR) is 74.8 cm³/mol. The zero-order chi connectivity index (χ0) is 12.7. The Labute approximate surface area is 105 Å². The van der Waals surface area contributed by atoms with Gasteiger partial charge in [0.2, 0.25) is 0 Å². The largest absolute Gasteiger partial charge is 0.491 e. The van der Waals surface area contributed by atoms with Crippen LogP contribution in [0.3, 0.4) is 0 Å². The molecule has 0 radical (unpaired) electrons. The van der Waals surface area contributed by atoms with E-state index >= 15 is 0 Å². The Hall–Kier alpha value is -1.18. The number of rotatable bonds is 7. The van der Waals surface area contributed by atoms with E-state index in [1.165, 1.54) is 12.8 Å². The summed E-state index contributed by atoms with van der Waals surface area (Å²) in [6, 6.07) is 8.20. The van der Waals surface area contributed by atoms with Crippen LogP contribution in [0.5, 0.6) is 5.75 Å². The van der Waals surface area contributed by atoms with Crippen LogP contribution in [0.2, 0.25) is 0 Å². The molecule has 1 rings (SSSR count). The summed E-state index contributed by atoms with van der Waals surface area (Å²) in [5.74, 6) is 1.69. The molecule has 0 aliphatic heterocycles. The van der Waals surface area contributed by atoms with Gasteiger partial charge in [0.05, 0.1) is 6.10 Å². The lowest BCUT2D eigenvalue weighted by molar-refractivity contribution is 0.242. The van der Waals surface area contributed by atoms with Crippen molar-refractivity contribution in [2.75, 3.05) is 11.9 Å². The Balaban J connectivity index is 2.53. The van der Waals surface area contributed by atoms with Crippen molar-refractivity contribution in [3.8, 4) is 5.75 Å². The standard InChI is InChI=1S/C15H25NO/c1-5-13(6-2)11-16-14-8-7-9-15(10-14)17-12(3)4/h7-10,12-13,16H,5-6,11H2,1-4H3. The average Bonchev–Trinajstić information content (AvgIpc) is 2.30. The number of ether oxygens (including phenoxy) is 1. The summed E-state index contributed by atoms with van der Waals surface area (Å²) in [7, 11) is 0. The summed E-state index contributed by atoms with van der Waals surface area (Å²) in [4.78, 5) is 0. The second-order valence-corrected chi connectivity index (χ2v) is 4.76. The summed E-state index contributed by atoms with van der Waals surface area (Å²) in [5, 5.41) is 3.48. The van der Waals surface area contributed by atoms with E-state index < -0.39 is 0 Å². The minimum absolute atomic E-state index is 0.226. The van der Waals surface area contributed by atoms with Crippen LogP contribution in [-0.4, -0.2) is 12.6 Å². The van der Waals surface area contributed by atoms with Crippen molar-refractivity contribution in [2.45, 2.75) is 46.6 Å². The molecule has 0 aliphatic carbocycles. The highest BCUT2D eigenvalue weighted by atomic mass is 16.5. The van der Waals surface area contributed by atoms with Gasteiger partial charge in [-0.25, -0.2) is 0 Å². The van der Waals surface area contributed by atoms with Crippen molar-refractivity contribution >= 4 is 5.69 Å². The molecule has 0 saturated heterocycles. The van der Waals surface area contributed by atoms with E-state index in [1.807, 2.05) is 26.0 Å². The van der Waals surface area contributed by atoms with Crippen molar-refractivity contribution in [2.24, 2.45) is 5.92 Å². The molecule has 2 heteroatoms. The first-order chi connectivity index (χ1) is 8.15. The van der Waals surface area contributed by atoms with E-state index in [-0.39, 0.29) is 6.10 Å². The Kier molecular flexibility index (Phi) is 5.88. The summed E-state index contributed by atoms with van der Waals surface area (Å²) >= 11 is 0. The highest BCUT2D eigenvalue weighted by molar-refractivity contribution is 5.48. The van der Waals surface area contributed by atoms with Crippen molar-refractivity contribution in [3.63, 3.8) is 0 Å². The van der Waals surface area contributed by atoms with Gasteiger partial charge in [-0.2, -0.15) is 0 Å².